The molecule has 0 aromatic heterocycles. The fraction of sp³-hybridized carbons (Fsp3) is 0.344. The molecule has 0 spiro atoms. The molecule has 0 aliphatic rings. The summed E-state index contributed by atoms with van der Waals surface area (Å²) in [6.07, 6.45) is -0.435. The van der Waals surface area contributed by atoms with Crippen molar-refractivity contribution < 1.29 is 19.1 Å². The molecule has 0 aliphatic heterocycles. The van der Waals surface area contributed by atoms with Gasteiger partial charge in [0.15, 0.2) is 0 Å². The summed E-state index contributed by atoms with van der Waals surface area (Å²) in [5.74, 6) is -0.658. The van der Waals surface area contributed by atoms with Crippen LogP contribution in [0, 0.1) is 6.92 Å². The van der Waals surface area contributed by atoms with E-state index in [2.05, 4.69) is 10.6 Å². The molecule has 7 heteroatoms. The summed E-state index contributed by atoms with van der Waals surface area (Å²) < 4.78 is 5.47. The molecule has 3 aromatic carbocycles. The SMILES string of the molecule is CCN(C(=O)C(Cc1ccccc1)NC(=O)OC(C)(C)C)C(C(=O)NCc1ccccc1)c1ccccc1C. The molecule has 0 bridgehead atoms. The second-order valence-electron chi connectivity index (χ2n) is 10.5. The topological polar surface area (TPSA) is 87.7 Å². The fourth-order valence-electron chi connectivity index (χ4n) is 4.39. The molecule has 0 fully saturated rings. The summed E-state index contributed by atoms with van der Waals surface area (Å²) >= 11 is 0. The molecule has 7 nitrogen and oxygen atoms in total. The number of hydrogen-bond acceptors (Lipinski definition) is 4. The van der Waals surface area contributed by atoms with Gasteiger partial charge in [-0.3, -0.25) is 9.59 Å². The van der Waals surface area contributed by atoms with Gasteiger partial charge >= 0.3 is 6.09 Å². The summed E-state index contributed by atoms with van der Waals surface area (Å²) in [5, 5.41) is 5.78. The second kappa shape index (κ2) is 13.6. The zero-order valence-corrected chi connectivity index (χ0v) is 23.4. The van der Waals surface area contributed by atoms with Gasteiger partial charge < -0.3 is 20.3 Å². The zero-order chi connectivity index (χ0) is 28.4. The lowest BCUT2D eigenvalue weighted by Gasteiger charge is -2.34. The Morgan fingerprint density at radius 2 is 1.41 bits per heavy atom. The largest absolute Gasteiger partial charge is 0.444 e. The van der Waals surface area contributed by atoms with Crippen LogP contribution < -0.4 is 10.6 Å². The molecule has 0 saturated heterocycles. The van der Waals surface area contributed by atoms with Crippen LogP contribution in [0.2, 0.25) is 0 Å². The number of benzene rings is 3. The lowest BCUT2D eigenvalue weighted by Crippen LogP contribution is -2.53. The predicted octanol–water partition coefficient (Wildman–Crippen LogP) is 5.34. The molecular weight excluding hydrogens is 490 g/mol. The maximum atomic E-state index is 14.2. The summed E-state index contributed by atoms with van der Waals surface area (Å²) in [7, 11) is 0. The van der Waals surface area contributed by atoms with Crippen LogP contribution in [0.3, 0.4) is 0 Å². The highest BCUT2D eigenvalue weighted by atomic mass is 16.6. The number of hydrogen-bond donors (Lipinski definition) is 2. The van der Waals surface area contributed by atoms with Crippen LogP contribution in [-0.4, -0.2) is 41.0 Å². The Bertz CT molecular complexity index is 1240. The molecule has 3 rings (SSSR count). The van der Waals surface area contributed by atoms with Crippen molar-refractivity contribution in [3.8, 4) is 0 Å². The van der Waals surface area contributed by atoms with Gasteiger partial charge in [-0.05, 0) is 56.9 Å². The first-order valence-electron chi connectivity index (χ1n) is 13.3. The minimum Gasteiger partial charge on any atom is -0.444 e. The average molecular weight is 530 g/mol. The van der Waals surface area contributed by atoms with Gasteiger partial charge in [0.2, 0.25) is 11.8 Å². The number of alkyl carbamates (subject to hydrolysis) is 1. The Hall–Kier alpha value is -4.13. The molecule has 3 amide bonds. The molecular formula is C32H39N3O4. The average Bonchev–Trinajstić information content (AvgIpc) is 2.90. The number of amides is 3. The standard InChI is InChI=1S/C32H39N3O4/c1-6-35(30(37)27(21-24-16-9-7-10-17-24)34-31(38)39-32(3,4)5)28(26-20-14-13-15-23(26)2)29(36)33-22-25-18-11-8-12-19-25/h7-20,27-28H,6,21-22H2,1-5H3,(H,33,36)(H,34,38). The normalized spacial score (nSPS) is 12.6. The van der Waals surface area contributed by atoms with Gasteiger partial charge in [0, 0.05) is 19.5 Å². The highest BCUT2D eigenvalue weighted by Crippen LogP contribution is 2.26. The van der Waals surface area contributed by atoms with Gasteiger partial charge in [-0.25, -0.2) is 4.79 Å². The highest BCUT2D eigenvalue weighted by molar-refractivity contribution is 5.92. The minimum atomic E-state index is -0.935. The Kier molecular flexibility index (Phi) is 10.3. The molecule has 0 heterocycles. The van der Waals surface area contributed by atoms with E-state index in [-0.39, 0.29) is 24.8 Å². The number of carbonyl (C=O) groups is 3. The van der Waals surface area contributed by atoms with Crippen molar-refractivity contribution >= 4 is 17.9 Å². The monoisotopic (exact) mass is 529 g/mol. The summed E-state index contributed by atoms with van der Waals surface area (Å²) in [6, 6.07) is 24.8. The van der Waals surface area contributed by atoms with Gasteiger partial charge in [-0.15, -0.1) is 0 Å². The Morgan fingerprint density at radius 3 is 1.97 bits per heavy atom. The number of ether oxygens (including phenoxy) is 1. The summed E-state index contributed by atoms with van der Waals surface area (Å²) in [5.41, 5.74) is 2.73. The minimum absolute atomic E-state index is 0.252. The van der Waals surface area contributed by atoms with E-state index < -0.39 is 23.8 Å². The molecule has 2 unspecified atom stereocenters. The van der Waals surface area contributed by atoms with Gasteiger partial charge in [-0.1, -0.05) is 84.9 Å². The second-order valence-corrected chi connectivity index (χ2v) is 10.5. The lowest BCUT2D eigenvalue weighted by atomic mass is 9.97. The third kappa shape index (κ3) is 8.70. The Morgan fingerprint density at radius 1 is 0.846 bits per heavy atom. The van der Waals surface area contributed by atoms with E-state index in [0.29, 0.717) is 6.54 Å². The molecule has 0 saturated carbocycles. The number of likely N-dealkylation sites (N-methyl/N-ethyl adjacent to an activating group) is 1. The van der Waals surface area contributed by atoms with Crippen molar-refractivity contribution in [1.29, 1.82) is 0 Å². The van der Waals surface area contributed by atoms with Crippen molar-refractivity contribution in [2.45, 2.75) is 65.3 Å². The van der Waals surface area contributed by atoms with E-state index in [9.17, 15) is 14.4 Å². The third-order valence-electron chi connectivity index (χ3n) is 6.25. The molecule has 3 aromatic rings. The van der Waals surface area contributed by atoms with Crippen LogP contribution in [0.15, 0.2) is 84.9 Å². The molecule has 0 aliphatic carbocycles. The van der Waals surface area contributed by atoms with Crippen molar-refractivity contribution in [3.05, 3.63) is 107 Å². The van der Waals surface area contributed by atoms with E-state index in [1.807, 2.05) is 98.8 Å². The van der Waals surface area contributed by atoms with E-state index >= 15 is 0 Å². The quantitative estimate of drug-likeness (QED) is 0.371. The molecule has 0 radical (unpaired) electrons. The third-order valence-corrected chi connectivity index (χ3v) is 6.25. The highest BCUT2D eigenvalue weighted by Gasteiger charge is 2.36. The van der Waals surface area contributed by atoms with E-state index in [1.165, 1.54) is 4.90 Å². The number of aryl methyl sites for hydroxylation is 1. The van der Waals surface area contributed by atoms with Gasteiger partial charge in [0.1, 0.15) is 17.7 Å². The maximum Gasteiger partial charge on any atom is 0.408 e. The first-order chi connectivity index (χ1) is 18.6. The fourth-order valence-corrected chi connectivity index (χ4v) is 4.39. The molecule has 39 heavy (non-hydrogen) atoms. The molecule has 206 valence electrons. The number of nitrogens with one attached hydrogen (secondary N) is 2. The summed E-state index contributed by atoms with van der Waals surface area (Å²) in [4.78, 5) is 42.2. The van der Waals surface area contributed by atoms with E-state index in [4.69, 9.17) is 4.74 Å². The smallest absolute Gasteiger partial charge is 0.408 e. The first-order valence-corrected chi connectivity index (χ1v) is 13.3. The number of nitrogens with zero attached hydrogens (tertiary/aromatic N) is 1. The Balaban J connectivity index is 1.95. The molecule has 2 N–H and O–H groups in total. The van der Waals surface area contributed by atoms with Crippen molar-refractivity contribution in [3.63, 3.8) is 0 Å². The predicted molar refractivity (Wildman–Crippen MR) is 153 cm³/mol. The van der Waals surface area contributed by atoms with Crippen LogP contribution in [0.4, 0.5) is 4.79 Å². The van der Waals surface area contributed by atoms with Crippen LogP contribution in [-0.2, 0) is 27.3 Å². The van der Waals surface area contributed by atoms with Crippen LogP contribution in [0.25, 0.3) is 0 Å². The van der Waals surface area contributed by atoms with Crippen molar-refractivity contribution in [1.82, 2.24) is 15.5 Å². The maximum absolute atomic E-state index is 14.2. The van der Waals surface area contributed by atoms with Crippen LogP contribution in [0.1, 0.15) is 56.0 Å². The van der Waals surface area contributed by atoms with Crippen LogP contribution in [0.5, 0.6) is 0 Å². The number of rotatable bonds is 10. The van der Waals surface area contributed by atoms with Gasteiger partial charge in [0.25, 0.3) is 0 Å². The van der Waals surface area contributed by atoms with Gasteiger partial charge in [-0.2, -0.15) is 0 Å². The zero-order valence-electron chi connectivity index (χ0n) is 23.4. The number of carbonyl (C=O) groups excluding carboxylic acids is 3. The first kappa shape index (κ1) is 29.4. The van der Waals surface area contributed by atoms with Gasteiger partial charge in [0.05, 0.1) is 0 Å². The van der Waals surface area contributed by atoms with E-state index in [0.717, 1.165) is 22.3 Å². The Labute approximate surface area is 231 Å². The summed E-state index contributed by atoms with van der Waals surface area (Å²) in [6.45, 7) is 9.65. The van der Waals surface area contributed by atoms with E-state index in [1.54, 1.807) is 20.8 Å². The molecule has 2 atom stereocenters. The van der Waals surface area contributed by atoms with Crippen LogP contribution >= 0.6 is 0 Å². The lowest BCUT2D eigenvalue weighted by molar-refractivity contribution is -0.142. The van der Waals surface area contributed by atoms with Crippen molar-refractivity contribution in [2.75, 3.05) is 6.54 Å². The van der Waals surface area contributed by atoms with Crippen molar-refractivity contribution in [2.24, 2.45) is 0 Å².